The Balaban J connectivity index is 1.76. The summed E-state index contributed by atoms with van der Waals surface area (Å²) in [4.78, 5) is 0. The normalized spacial score (nSPS) is 10.6. The van der Waals surface area contributed by atoms with Crippen molar-refractivity contribution >= 4 is 28.9 Å². The van der Waals surface area contributed by atoms with Gasteiger partial charge in [-0.15, -0.1) is 0 Å². The molecule has 0 unspecified atom stereocenters. The maximum atomic E-state index is 6.16. The topological polar surface area (TPSA) is 29.9 Å². The van der Waals surface area contributed by atoms with Crippen LogP contribution in [0.2, 0.25) is 10.0 Å². The van der Waals surface area contributed by atoms with Gasteiger partial charge in [0.25, 0.3) is 0 Å². The van der Waals surface area contributed by atoms with Crippen molar-refractivity contribution in [3.05, 3.63) is 76.5 Å². The fourth-order valence-electron chi connectivity index (χ4n) is 2.06. The van der Waals surface area contributed by atoms with Crippen molar-refractivity contribution in [2.24, 2.45) is 0 Å². The third-order valence-corrected chi connectivity index (χ3v) is 3.71. The maximum absolute atomic E-state index is 6.16. The Morgan fingerprint density at radius 3 is 2.76 bits per heavy atom. The van der Waals surface area contributed by atoms with Crippen LogP contribution in [0.5, 0.6) is 0 Å². The summed E-state index contributed by atoms with van der Waals surface area (Å²) in [5, 5.41) is 8.95. The van der Waals surface area contributed by atoms with Gasteiger partial charge in [0.05, 0.1) is 5.69 Å². The molecule has 106 valence electrons. The van der Waals surface area contributed by atoms with E-state index in [1.54, 1.807) is 18.3 Å². The Morgan fingerprint density at radius 2 is 1.95 bits per heavy atom. The van der Waals surface area contributed by atoms with Crippen molar-refractivity contribution in [2.45, 2.75) is 6.54 Å². The Morgan fingerprint density at radius 1 is 1.05 bits per heavy atom. The molecule has 1 N–H and O–H groups in total. The van der Waals surface area contributed by atoms with Gasteiger partial charge in [-0.2, -0.15) is 5.10 Å². The Labute approximate surface area is 133 Å². The second kappa shape index (κ2) is 6.20. The molecule has 5 heteroatoms. The molecule has 3 aromatic rings. The predicted octanol–water partition coefficient (Wildman–Crippen LogP) is 4.79. The number of nitrogens with zero attached hydrogens (tertiary/aromatic N) is 2. The smallest absolute Gasteiger partial charge is 0.0666 e. The van der Waals surface area contributed by atoms with Crippen LogP contribution < -0.4 is 5.32 Å². The minimum atomic E-state index is 0.613. The van der Waals surface area contributed by atoms with E-state index in [2.05, 4.69) is 10.4 Å². The van der Waals surface area contributed by atoms with Crippen molar-refractivity contribution in [1.82, 2.24) is 9.78 Å². The first kappa shape index (κ1) is 14.0. The van der Waals surface area contributed by atoms with Gasteiger partial charge in [-0.1, -0.05) is 29.3 Å². The monoisotopic (exact) mass is 317 g/mol. The summed E-state index contributed by atoms with van der Waals surface area (Å²) in [5.74, 6) is 0. The number of aromatic nitrogens is 2. The number of hydrogen-bond donors (Lipinski definition) is 1. The molecule has 3 rings (SSSR count). The van der Waals surface area contributed by atoms with Crippen LogP contribution >= 0.6 is 23.2 Å². The number of rotatable bonds is 4. The van der Waals surface area contributed by atoms with Crippen LogP contribution in [0.3, 0.4) is 0 Å². The van der Waals surface area contributed by atoms with Gasteiger partial charge in [-0.3, -0.25) is 0 Å². The summed E-state index contributed by atoms with van der Waals surface area (Å²) in [5.41, 5.74) is 2.97. The Hall–Kier alpha value is -1.97. The largest absolute Gasteiger partial charge is 0.381 e. The number of halogens is 2. The van der Waals surface area contributed by atoms with Crippen LogP contribution in [0, 0.1) is 0 Å². The molecule has 3 nitrogen and oxygen atoms in total. The van der Waals surface area contributed by atoms with Crippen molar-refractivity contribution in [2.75, 3.05) is 5.32 Å². The predicted molar refractivity (Wildman–Crippen MR) is 87.4 cm³/mol. The van der Waals surface area contributed by atoms with E-state index in [4.69, 9.17) is 23.2 Å². The third-order valence-electron chi connectivity index (χ3n) is 3.11. The average molecular weight is 318 g/mol. The van der Waals surface area contributed by atoms with E-state index in [9.17, 15) is 0 Å². The quantitative estimate of drug-likeness (QED) is 0.749. The van der Waals surface area contributed by atoms with E-state index in [1.807, 2.05) is 47.3 Å². The molecule has 0 aliphatic rings. The van der Waals surface area contributed by atoms with Crippen molar-refractivity contribution in [1.29, 1.82) is 0 Å². The number of hydrogen-bond acceptors (Lipinski definition) is 2. The van der Waals surface area contributed by atoms with E-state index in [0.29, 0.717) is 16.6 Å². The molecule has 0 radical (unpaired) electrons. The highest BCUT2D eigenvalue weighted by Crippen LogP contribution is 2.22. The second-order valence-corrected chi connectivity index (χ2v) is 5.43. The lowest BCUT2D eigenvalue weighted by molar-refractivity contribution is 0.880. The zero-order valence-electron chi connectivity index (χ0n) is 11.1. The Bertz CT molecular complexity index is 739. The molecule has 0 fully saturated rings. The molecular formula is C16H13Cl2N3. The van der Waals surface area contributed by atoms with Crippen molar-refractivity contribution in [3.63, 3.8) is 0 Å². The summed E-state index contributed by atoms with van der Waals surface area (Å²) in [6, 6.07) is 15.4. The molecular weight excluding hydrogens is 305 g/mol. The molecule has 1 heterocycles. The molecule has 0 bridgehead atoms. The van der Waals surface area contributed by atoms with Crippen LogP contribution in [0.25, 0.3) is 5.69 Å². The van der Waals surface area contributed by atoms with Crippen LogP contribution in [0.1, 0.15) is 5.56 Å². The minimum absolute atomic E-state index is 0.613. The van der Waals surface area contributed by atoms with Gasteiger partial charge in [0.2, 0.25) is 0 Å². The van der Waals surface area contributed by atoms with Gasteiger partial charge in [0.15, 0.2) is 0 Å². The van der Waals surface area contributed by atoms with Crippen molar-refractivity contribution < 1.29 is 0 Å². The molecule has 2 aromatic carbocycles. The van der Waals surface area contributed by atoms with E-state index in [-0.39, 0.29) is 0 Å². The molecule has 1 aromatic heterocycles. The number of nitrogens with one attached hydrogen (secondary N) is 1. The second-order valence-electron chi connectivity index (χ2n) is 4.59. The van der Waals surface area contributed by atoms with E-state index < -0.39 is 0 Å². The highest BCUT2D eigenvalue weighted by Gasteiger charge is 2.03. The van der Waals surface area contributed by atoms with Crippen molar-refractivity contribution in [3.8, 4) is 5.69 Å². The van der Waals surface area contributed by atoms with E-state index in [0.717, 1.165) is 16.9 Å². The lowest BCUT2D eigenvalue weighted by atomic mass is 10.2. The zero-order chi connectivity index (χ0) is 14.7. The molecule has 21 heavy (non-hydrogen) atoms. The Kier molecular flexibility index (Phi) is 4.13. The van der Waals surface area contributed by atoms with Gasteiger partial charge < -0.3 is 5.32 Å². The lowest BCUT2D eigenvalue weighted by Gasteiger charge is -2.10. The molecule has 0 amide bonds. The number of benzene rings is 2. The fourth-order valence-corrected chi connectivity index (χ4v) is 2.44. The standard InChI is InChI=1S/C16H13Cl2N3/c17-13-5-6-16(18)12(9-13)11-19-14-3-1-4-15(10-14)21-8-2-7-20-21/h1-10,19H,11H2. The zero-order valence-corrected chi connectivity index (χ0v) is 12.6. The summed E-state index contributed by atoms with van der Waals surface area (Å²) >= 11 is 12.2. The third kappa shape index (κ3) is 3.38. The molecule has 0 aliphatic carbocycles. The average Bonchev–Trinajstić information content (AvgIpc) is 3.03. The summed E-state index contributed by atoms with van der Waals surface area (Å²) < 4.78 is 1.82. The summed E-state index contributed by atoms with van der Waals surface area (Å²) in [6.07, 6.45) is 3.67. The summed E-state index contributed by atoms with van der Waals surface area (Å²) in [6.45, 7) is 0.613. The molecule has 0 aliphatic heterocycles. The van der Waals surface area contributed by atoms with Crippen LogP contribution in [-0.4, -0.2) is 9.78 Å². The lowest BCUT2D eigenvalue weighted by Crippen LogP contribution is -2.01. The van der Waals surface area contributed by atoms with Crippen LogP contribution in [0.15, 0.2) is 60.9 Å². The van der Waals surface area contributed by atoms with Gasteiger partial charge in [-0.05, 0) is 48.0 Å². The van der Waals surface area contributed by atoms with Gasteiger partial charge in [0.1, 0.15) is 0 Å². The van der Waals surface area contributed by atoms with Gasteiger partial charge >= 0.3 is 0 Å². The summed E-state index contributed by atoms with van der Waals surface area (Å²) in [7, 11) is 0. The van der Waals surface area contributed by atoms with Gasteiger partial charge in [0, 0.05) is 34.7 Å². The first-order valence-electron chi connectivity index (χ1n) is 6.50. The first-order valence-corrected chi connectivity index (χ1v) is 7.26. The van der Waals surface area contributed by atoms with E-state index >= 15 is 0 Å². The molecule has 0 spiro atoms. The molecule has 0 atom stereocenters. The highest BCUT2D eigenvalue weighted by molar-refractivity contribution is 6.33. The van der Waals surface area contributed by atoms with E-state index in [1.165, 1.54) is 0 Å². The minimum Gasteiger partial charge on any atom is -0.381 e. The SMILES string of the molecule is Clc1ccc(Cl)c(CNc2cccc(-n3cccn3)c2)c1. The number of anilines is 1. The van der Waals surface area contributed by atoms with Gasteiger partial charge in [-0.25, -0.2) is 4.68 Å². The van der Waals surface area contributed by atoms with Crippen LogP contribution in [0.4, 0.5) is 5.69 Å². The molecule has 0 saturated heterocycles. The fraction of sp³-hybridized carbons (Fsp3) is 0.0625. The van der Waals surface area contributed by atoms with Crippen LogP contribution in [-0.2, 0) is 6.54 Å². The molecule has 0 saturated carbocycles. The first-order chi connectivity index (χ1) is 10.2. The maximum Gasteiger partial charge on any atom is 0.0666 e. The highest BCUT2D eigenvalue weighted by atomic mass is 35.5.